The minimum Gasteiger partial charge on any atom is -0.384 e. The first-order valence-corrected chi connectivity index (χ1v) is 7.13. The number of rotatable bonds is 3. The highest BCUT2D eigenvalue weighted by atomic mass is 16.6. The van der Waals surface area contributed by atoms with Crippen molar-refractivity contribution in [1.29, 1.82) is 0 Å². The zero-order valence-corrected chi connectivity index (χ0v) is 11.5. The monoisotopic (exact) mass is 258 g/mol. The van der Waals surface area contributed by atoms with Crippen molar-refractivity contribution in [3.05, 3.63) is 0 Å². The third kappa shape index (κ3) is 3.05. The molecule has 5 atom stereocenters. The van der Waals surface area contributed by atoms with Gasteiger partial charge in [-0.3, -0.25) is 0 Å². The van der Waals surface area contributed by atoms with Crippen LogP contribution in [0, 0.1) is 11.8 Å². The molecule has 1 aliphatic carbocycles. The summed E-state index contributed by atoms with van der Waals surface area (Å²) in [5, 5.41) is 10.1. The Labute approximate surface area is 110 Å². The third-order valence-corrected chi connectivity index (χ3v) is 4.44. The summed E-state index contributed by atoms with van der Waals surface area (Å²) in [5.41, 5.74) is 0. The number of hydrogen-bond donors (Lipinski definition) is 1. The maximum absolute atomic E-state index is 10.1. The number of methoxy groups -OCH3 is 2. The van der Waals surface area contributed by atoms with E-state index >= 15 is 0 Å². The number of aliphatic hydroxyl groups excluding tert-OH is 1. The Bertz CT molecular complexity index is 246. The molecule has 1 saturated heterocycles. The Morgan fingerprint density at radius 3 is 2.50 bits per heavy atom. The van der Waals surface area contributed by atoms with Gasteiger partial charge in [0.25, 0.3) is 0 Å². The zero-order valence-electron chi connectivity index (χ0n) is 11.5. The molecule has 0 aromatic heterocycles. The fourth-order valence-corrected chi connectivity index (χ4v) is 3.44. The lowest BCUT2D eigenvalue weighted by Gasteiger charge is -2.28. The van der Waals surface area contributed by atoms with Crippen LogP contribution < -0.4 is 0 Å². The van der Waals surface area contributed by atoms with Gasteiger partial charge in [-0.1, -0.05) is 25.7 Å². The summed E-state index contributed by atoms with van der Waals surface area (Å²) < 4.78 is 16.7. The van der Waals surface area contributed by atoms with Crippen molar-refractivity contribution in [1.82, 2.24) is 0 Å². The second-order valence-corrected chi connectivity index (χ2v) is 5.54. The highest BCUT2D eigenvalue weighted by molar-refractivity contribution is 4.91. The van der Waals surface area contributed by atoms with Gasteiger partial charge in [0.05, 0.1) is 18.8 Å². The minimum atomic E-state index is -0.647. The van der Waals surface area contributed by atoms with E-state index in [1.54, 1.807) is 14.2 Å². The van der Waals surface area contributed by atoms with E-state index in [0.717, 1.165) is 12.8 Å². The van der Waals surface area contributed by atoms with E-state index in [0.29, 0.717) is 6.61 Å². The molecule has 0 aromatic rings. The molecule has 2 rings (SSSR count). The molecule has 0 unspecified atom stereocenters. The van der Waals surface area contributed by atoms with Gasteiger partial charge >= 0.3 is 0 Å². The highest BCUT2D eigenvalue weighted by Gasteiger charge is 2.46. The molecule has 0 radical (unpaired) electrons. The highest BCUT2D eigenvalue weighted by Crippen LogP contribution is 2.39. The molecule has 2 aliphatic rings. The molecule has 4 nitrogen and oxygen atoms in total. The maximum atomic E-state index is 10.1. The molecule has 1 aliphatic heterocycles. The quantitative estimate of drug-likeness (QED) is 0.840. The lowest BCUT2D eigenvalue weighted by atomic mass is 9.82. The third-order valence-electron chi connectivity index (χ3n) is 4.44. The van der Waals surface area contributed by atoms with E-state index in [9.17, 15) is 5.11 Å². The van der Waals surface area contributed by atoms with E-state index in [1.807, 2.05) is 0 Å². The lowest BCUT2D eigenvalue weighted by molar-refractivity contribution is -0.141. The largest absolute Gasteiger partial charge is 0.384 e. The van der Waals surface area contributed by atoms with Gasteiger partial charge in [0.1, 0.15) is 0 Å². The van der Waals surface area contributed by atoms with Crippen LogP contribution in [-0.2, 0) is 14.2 Å². The van der Waals surface area contributed by atoms with Crippen LogP contribution in [0.3, 0.4) is 0 Å². The van der Waals surface area contributed by atoms with Gasteiger partial charge in [-0.05, 0) is 12.8 Å². The van der Waals surface area contributed by atoms with Crippen LogP contribution in [0.15, 0.2) is 0 Å². The summed E-state index contributed by atoms with van der Waals surface area (Å²) in [6, 6.07) is 0. The van der Waals surface area contributed by atoms with Gasteiger partial charge in [-0.15, -0.1) is 0 Å². The summed E-state index contributed by atoms with van der Waals surface area (Å²) in [7, 11) is 3.45. The number of ether oxygens (including phenoxy) is 3. The average Bonchev–Trinajstić information content (AvgIpc) is 2.65. The molecule has 2 bridgehead atoms. The predicted octanol–water partition coefficient (Wildman–Crippen LogP) is 1.95. The van der Waals surface area contributed by atoms with Gasteiger partial charge in [-0.2, -0.15) is 0 Å². The maximum Gasteiger partial charge on any atom is 0.158 e. The molecule has 0 amide bonds. The minimum absolute atomic E-state index is 0.0203. The standard InChI is InChI=1S/C14H26O4/c1-16-9-11-10-7-5-3-4-6-8-12(17-2)13(11)18-14(10)15/h10-15H,3-9H2,1-2H3/t10-,11+,12-,13-,14-/m1/s1. The number of hydrogen-bond acceptors (Lipinski definition) is 4. The summed E-state index contributed by atoms with van der Waals surface area (Å²) in [6.45, 7) is 0.645. The van der Waals surface area contributed by atoms with Gasteiger partial charge < -0.3 is 19.3 Å². The van der Waals surface area contributed by atoms with Crippen LogP contribution in [-0.4, -0.2) is 44.4 Å². The Kier molecular flexibility index (Phi) is 5.42. The molecular formula is C14H26O4. The Morgan fingerprint density at radius 1 is 1.11 bits per heavy atom. The molecule has 106 valence electrons. The SMILES string of the molecule is COC[C@H]1[C@H]2CCCCCC[C@@H](OC)[C@@H]1O[C@H]2O. The van der Waals surface area contributed by atoms with Crippen molar-refractivity contribution in [2.45, 2.75) is 57.0 Å². The smallest absolute Gasteiger partial charge is 0.158 e. The summed E-state index contributed by atoms with van der Waals surface area (Å²) >= 11 is 0. The van der Waals surface area contributed by atoms with Gasteiger partial charge in [0.2, 0.25) is 0 Å². The van der Waals surface area contributed by atoms with Crippen molar-refractivity contribution in [3.8, 4) is 0 Å². The van der Waals surface area contributed by atoms with Crippen molar-refractivity contribution in [2.75, 3.05) is 20.8 Å². The van der Waals surface area contributed by atoms with Crippen LogP contribution in [0.4, 0.5) is 0 Å². The van der Waals surface area contributed by atoms with Crippen LogP contribution in [0.1, 0.15) is 38.5 Å². The first-order valence-electron chi connectivity index (χ1n) is 7.13. The zero-order chi connectivity index (χ0) is 13.0. The number of aliphatic hydroxyl groups is 1. The normalized spacial score (nSPS) is 41.8. The molecule has 0 aromatic carbocycles. The topological polar surface area (TPSA) is 47.9 Å². The number of fused-ring (bicyclic) bond motifs is 2. The van der Waals surface area contributed by atoms with Gasteiger partial charge in [0, 0.05) is 26.1 Å². The Hall–Kier alpha value is -0.160. The Balaban J connectivity index is 2.13. The fourth-order valence-electron chi connectivity index (χ4n) is 3.44. The summed E-state index contributed by atoms with van der Waals surface area (Å²) in [4.78, 5) is 0. The van der Waals surface area contributed by atoms with E-state index in [4.69, 9.17) is 14.2 Å². The van der Waals surface area contributed by atoms with E-state index in [1.165, 1.54) is 25.7 Å². The average molecular weight is 258 g/mol. The molecule has 1 N–H and O–H groups in total. The van der Waals surface area contributed by atoms with Crippen LogP contribution >= 0.6 is 0 Å². The van der Waals surface area contributed by atoms with Crippen LogP contribution in [0.5, 0.6) is 0 Å². The van der Waals surface area contributed by atoms with Crippen LogP contribution in [0.25, 0.3) is 0 Å². The summed E-state index contributed by atoms with van der Waals surface area (Å²) in [6.07, 6.45) is 6.31. The predicted molar refractivity (Wildman–Crippen MR) is 68.2 cm³/mol. The van der Waals surface area contributed by atoms with E-state index in [2.05, 4.69) is 0 Å². The van der Waals surface area contributed by atoms with Crippen molar-refractivity contribution >= 4 is 0 Å². The molecule has 1 saturated carbocycles. The van der Waals surface area contributed by atoms with Crippen molar-refractivity contribution in [3.63, 3.8) is 0 Å². The van der Waals surface area contributed by atoms with Crippen LogP contribution in [0.2, 0.25) is 0 Å². The molecule has 4 heteroatoms. The molecule has 1 heterocycles. The molecule has 18 heavy (non-hydrogen) atoms. The first kappa shape index (κ1) is 14.3. The van der Waals surface area contributed by atoms with Crippen molar-refractivity contribution in [2.24, 2.45) is 11.8 Å². The molecule has 2 fully saturated rings. The van der Waals surface area contributed by atoms with E-state index < -0.39 is 6.29 Å². The molecule has 0 spiro atoms. The van der Waals surface area contributed by atoms with Gasteiger partial charge in [-0.25, -0.2) is 0 Å². The Morgan fingerprint density at radius 2 is 1.83 bits per heavy atom. The van der Waals surface area contributed by atoms with E-state index in [-0.39, 0.29) is 24.0 Å². The molecular weight excluding hydrogens is 232 g/mol. The van der Waals surface area contributed by atoms with Gasteiger partial charge in [0.15, 0.2) is 6.29 Å². The van der Waals surface area contributed by atoms with Crippen molar-refractivity contribution < 1.29 is 19.3 Å². The first-order chi connectivity index (χ1) is 8.77. The summed E-state index contributed by atoms with van der Waals surface area (Å²) in [5.74, 6) is 0.457. The second-order valence-electron chi connectivity index (χ2n) is 5.54. The lowest BCUT2D eigenvalue weighted by Crippen LogP contribution is -2.37. The fraction of sp³-hybridized carbons (Fsp3) is 1.00. The second kappa shape index (κ2) is 6.85.